The largest absolute Gasteiger partial charge is 0.369 e. The third-order valence-electron chi connectivity index (χ3n) is 7.33. The summed E-state index contributed by atoms with van der Waals surface area (Å²) < 4.78 is 48.6. The van der Waals surface area contributed by atoms with E-state index in [1.165, 1.54) is 12.1 Å². The quantitative estimate of drug-likeness (QED) is 0.166. The maximum absolute atomic E-state index is 14.7. The lowest BCUT2D eigenvalue weighted by Gasteiger charge is -2.43. The van der Waals surface area contributed by atoms with Crippen LogP contribution >= 0.6 is 11.6 Å². The number of ether oxygens (including phenoxy) is 3. The summed E-state index contributed by atoms with van der Waals surface area (Å²) in [6, 6.07) is 32.4. The molecule has 0 spiro atoms. The van der Waals surface area contributed by atoms with Crippen molar-refractivity contribution >= 4 is 11.6 Å². The number of likely N-dealkylation sites (tertiary alicyclic amines) is 1. The molecule has 7 heteroatoms. The van der Waals surface area contributed by atoms with Gasteiger partial charge in [0.05, 0.1) is 37.1 Å². The summed E-state index contributed by atoms with van der Waals surface area (Å²) in [5, 5.41) is -0.0810. The second kappa shape index (κ2) is 14.7. The van der Waals surface area contributed by atoms with Crippen LogP contribution in [0.25, 0.3) is 0 Å². The molecule has 4 nitrogen and oxygen atoms in total. The minimum absolute atomic E-state index is 0.0107. The molecule has 1 fully saturated rings. The van der Waals surface area contributed by atoms with Gasteiger partial charge in [0.15, 0.2) is 0 Å². The van der Waals surface area contributed by atoms with Gasteiger partial charge in [-0.2, -0.15) is 0 Å². The van der Waals surface area contributed by atoms with Crippen LogP contribution in [-0.2, 0) is 40.5 Å². The van der Waals surface area contributed by atoms with Gasteiger partial charge < -0.3 is 14.2 Å². The van der Waals surface area contributed by atoms with Gasteiger partial charge in [-0.15, -0.1) is 0 Å². The molecule has 214 valence electrons. The van der Waals surface area contributed by atoms with Crippen LogP contribution in [0, 0.1) is 11.6 Å². The molecule has 1 aliphatic rings. The SMILES string of the molecule is Fc1ccc(Cl)c(F)c1CCN1C[C@H](OCc2ccccc2)C(OCc2ccccc2)[C@H](OCc2ccccc2)C1. The Balaban J connectivity index is 1.36. The highest BCUT2D eigenvalue weighted by Gasteiger charge is 2.39. The lowest BCUT2D eigenvalue weighted by molar-refractivity contribution is -0.184. The van der Waals surface area contributed by atoms with Gasteiger partial charge in [-0.3, -0.25) is 4.90 Å². The lowest BCUT2D eigenvalue weighted by Crippen LogP contribution is -2.58. The van der Waals surface area contributed by atoms with Crippen molar-refractivity contribution in [1.82, 2.24) is 4.90 Å². The maximum Gasteiger partial charge on any atom is 0.147 e. The summed E-state index contributed by atoms with van der Waals surface area (Å²) in [5.41, 5.74) is 3.15. The van der Waals surface area contributed by atoms with Crippen molar-refractivity contribution in [2.75, 3.05) is 19.6 Å². The zero-order chi connectivity index (χ0) is 28.4. The number of hydrogen-bond donors (Lipinski definition) is 0. The zero-order valence-corrected chi connectivity index (χ0v) is 23.6. The first-order valence-corrected chi connectivity index (χ1v) is 14.3. The molecule has 4 aromatic carbocycles. The van der Waals surface area contributed by atoms with Gasteiger partial charge in [-0.05, 0) is 35.2 Å². The zero-order valence-electron chi connectivity index (χ0n) is 22.8. The van der Waals surface area contributed by atoms with E-state index in [4.69, 9.17) is 25.8 Å². The first kappa shape index (κ1) is 29.4. The van der Waals surface area contributed by atoms with Crippen LogP contribution in [0.5, 0.6) is 0 Å². The van der Waals surface area contributed by atoms with Crippen molar-refractivity contribution in [2.24, 2.45) is 0 Å². The Hall–Kier alpha value is -3.13. The second-order valence-electron chi connectivity index (χ2n) is 10.3. The van der Waals surface area contributed by atoms with E-state index in [2.05, 4.69) is 4.90 Å². The van der Waals surface area contributed by atoms with E-state index in [9.17, 15) is 8.78 Å². The fourth-order valence-electron chi connectivity index (χ4n) is 5.11. The molecule has 0 radical (unpaired) electrons. The Morgan fingerprint density at radius 1 is 0.634 bits per heavy atom. The van der Waals surface area contributed by atoms with Crippen LogP contribution in [0.4, 0.5) is 8.78 Å². The molecule has 41 heavy (non-hydrogen) atoms. The average molecular weight is 578 g/mol. The molecule has 1 unspecified atom stereocenters. The summed E-state index contributed by atoms with van der Waals surface area (Å²) in [6.07, 6.45) is -0.839. The minimum Gasteiger partial charge on any atom is -0.369 e. The normalized spacial score (nSPS) is 19.3. The van der Waals surface area contributed by atoms with Crippen molar-refractivity contribution in [3.8, 4) is 0 Å². The maximum atomic E-state index is 14.7. The van der Waals surface area contributed by atoms with Gasteiger partial charge in [0.1, 0.15) is 17.7 Å². The molecule has 0 aromatic heterocycles. The van der Waals surface area contributed by atoms with Gasteiger partial charge in [0.25, 0.3) is 0 Å². The van der Waals surface area contributed by atoms with Crippen molar-refractivity contribution in [1.29, 1.82) is 0 Å². The van der Waals surface area contributed by atoms with Gasteiger partial charge in [-0.25, -0.2) is 8.78 Å². The first-order valence-electron chi connectivity index (χ1n) is 13.9. The van der Waals surface area contributed by atoms with Crippen molar-refractivity contribution in [3.63, 3.8) is 0 Å². The number of benzene rings is 4. The van der Waals surface area contributed by atoms with Crippen molar-refractivity contribution in [2.45, 2.75) is 44.6 Å². The Morgan fingerprint density at radius 3 is 1.59 bits per heavy atom. The molecule has 1 saturated heterocycles. The average Bonchev–Trinajstić information content (AvgIpc) is 3.01. The molecule has 0 aliphatic carbocycles. The molecule has 1 aliphatic heterocycles. The van der Waals surface area contributed by atoms with E-state index in [1.54, 1.807) is 0 Å². The number of halogens is 3. The van der Waals surface area contributed by atoms with Crippen LogP contribution in [-0.4, -0.2) is 42.8 Å². The van der Waals surface area contributed by atoms with E-state index < -0.39 is 11.6 Å². The minimum atomic E-state index is -0.707. The molecule has 0 saturated carbocycles. The van der Waals surface area contributed by atoms with E-state index in [1.807, 2.05) is 91.0 Å². The first-order chi connectivity index (χ1) is 20.1. The number of hydrogen-bond acceptors (Lipinski definition) is 4. The molecule has 1 heterocycles. The third kappa shape index (κ3) is 8.22. The summed E-state index contributed by atoms with van der Waals surface area (Å²) in [5.74, 6) is -1.30. The summed E-state index contributed by atoms with van der Waals surface area (Å²) in [7, 11) is 0. The third-order valence-corrected chi connectivity index (χ3v) is 7.62. The summed E-state index contributed by atoms with van der Waals surface area (Å²) in [6.45, 7) is 2.71. The topological polar surface area (TPSA) is 30.9 Å². The van der Waals surface area contributed by atoms with Crippen LogP contribution in [0.1, 0.15) is 22.3 Å². The predicted molar refractivity (Wildman–Crippen MR) is 157 cm³/mol. The van der Waals surface area contributed by atoms with E-state index in [0.29, 0.717) is 39.5 Å². The monoisotopic (exact) mass is 577 g/mol. The fourth-order valence-corrected chi connectivity index (χ4v) is 5.29. The highest BCUT2D eigenvalue weighted by atomic mass is 35.5. The van der Waals surface area contributed by atoms with Crippen LogP contribution in [0.15, 0.2) is 103 Å². The van der Waals surface area contributed by atoms with Gasteiger partial charge in [-0.1, -0.05) is 103 Å². The molecule has 5 rings (SSSR count). The van der Waals surface area contributed by atoms with Crippen LogP contribution < -0.4 is 0 Å². The Bertz CT molecular complexity index is 1310. The smallest absolute Gasteiger partial charge is 0.147 e. The predicted octanol–water partition coefficient (Wildman–Crippen LogP) is 7.23. The summed E-state index contributed by atoms with van der Waals surface area (Å²) in [4.78, 5) is 2.13. The van der Waals surface area contributed by atoms with Gasteiger partial charge in [0.2, 0.25) is 0 Å². The number of nitrogens with zero attached hydrogens (tertiary/aromatic N) is 1. The second-order valence-corrected chi connectivity index (χ2v) is 10.7. The standard InChI is InChI=1S/C34H34ClF2NO3/c35-29-16-17-30(36)28(33(29)37)18-19-38-20-31(39-22-25-10-4-1-5-11-25)34(41-24-27-14-8-3-9-15-27)32(21-38)40-23-26-12-6-2-7-13-26/h1-17,31-32,34H,18-24H2/t31-,32+,34?. The molecule has 0 N–H and O–H groups in total. The van der Waals surface area contributed by atoms with Gasteiger partial charge in [0, 0.05) is 25.2 Å². The Kier molecular flexibility index (Phi) is 10.5. The van der Waals surface area contributed by atoms with Crippen molar-refractivity contribution in [3.05, 3.63) is 142 Å². The number of piperidine rings is 1. The molecule has 0 bridgehead atoms. The Morgan fingerprint density at radius 2 is 1.10 bits per heavy atom. The molecular weight excluding hydrogens is 544 g/mol. The van der Waals surface area contributed by atoms with E-state index in [0.717, 1.165) is 16.7 Å². The van der Waals surface area contributed by atoms with Gasteiger partial charge >= 0.3 is 0 Å². The van der Waals surface area contributed by atoms with Crippen LogP contribution in [0.3, 0.4) is 0 Å². The van der Waals surface area contributed by atoms with Crippen molar-refractivity contribution < 1.29 is 23.0 Å². The summed E-state index contributed by atoms with van der Waals surface area (Å²) >= 11 is 5.95. The van der Waals surface area contributed by atoms with E-state index in [-0.39, 0.29) is 35.3 Å². The highest BCUT2D eigenvalue weighted by molar-refractivity contribution is 6.30. The highest BCUT2D eigenvalue weighted by Crippen LogP contribution is 2.26. The van der Waals surface area contributed by atoms with Crippen LogP contribution in [0.2, 0.25) is 5.02 Å². The van der Waals surface area contributed by atoms with E-state index >= 15 is 0 Å². The molecule has 0 amide bonds. The molecule has 4 aromatic rings. The Labute approximate surface area is 245 Å². The molecule has 3 atom stereocenters. The number of rotatable bonds is 12. The fraction of sp³-hybridized carbons (Fsp3) is 0.294. The molecular formula is C34H34ClF2NO3. The lowest BCUT2D eigenvalue weighted by atomic mass is 9.99.